The lowest BCUT2D eigenvalue weighted by Gasteiger charge is -2.32. The monoisotopic (exact) mass is 154 g/mol. The zero-order valence-electron chi connectivity index (χ0n) is 7.68. The van der Waals surface area contributed by atoms with Gasteiger partial charge in [0.2, 0.25) is 0 Å². The van der Waals surface area contributed by atoms with E-state index in [-0.39, 0.29) is 0 Å². The van der Waals surface area contributed by atoms with Crippen LogP contribution in [0.25, 0.3) is 0 Å². The molecule has 1 aliphatic heterocycles. The Kier molecular flexibility index (Phi) is 3.92. The first kappa shape index (κ1) is 9.05. The molecule has 1 nitrogen and oxygen atoms in total. The van der Waals surface area contributed by atoms with Gasteiger partial charge in [-0.25, -0.2) is 0 Å². The summed E-state index contributed by atoms with van der Waals surface area (Å²) in [6, 6.07) is 0.584. The third kappa shape index (κ3) is 2.82. The van der Waals surface area contributed by atoms with Gasteiger partial charge in [-0.15, -0.1) is 0 Å². The molecule has 1 saturated heterocycles. The molecule has 65 valence electrons. The van der Waals surface area contributed by atoms with Crippen molar-refractivity contribution in [1.82, 2.24) is 4.90 Å². The molecule has 0 N–H and O–H groups in total. The first-order valence-corrected chi connectivity index (χ1v) is 4.91. The van der Waals surface area contributed by atoms with Crippen LogP contribution in [-0.2, 0) is 0 Å². The molecule has 0 amide bonds. The summed E-state index contributed by atoms with van der Waals surface area (Å²) < 4.78 is 0. The Hall–Kier alpha value is -0.0400. The van der Waals surface area contributed by atoms with Gasteiger partial charge in [-0.1, -0.05) is 19.8 Å². The topological polar surface area (TPSA) is 3.24 Å². The number of nitrogens with zero attached hydrogens (tertiary/aromatic N) is 1. The number of hydrogen-bond donors (Lipinski definition) is 0. The summed E-state index contributed by atoms with van der Waals surface area (Å²) in [5.74, 6) is 0. The van der Waals surface area contributed by atoms with Gasteiger partial charge in [-0.3, -0.25) is 0 Å². The van der Waals surface area contributed by atoms with Crippen LogP contribution in [0.1, 0.15) is 39.0 Å². The van der Waals surface area contributed by atoms with Crippen molar-refractivity contribution in [3.8, 4) is 0 Å². The maximum Gasteiger partial charge on any atom is 0.00957 e. The van der Waals surface area contributed by atoms with Crippen LogP contribution in [0.5, 0.6) is 0 Å². The van der Waals surface area contributed by atoms with E-state index in [0.29, 0.717) is 6.04 Å². The first-order valence-electron chi connectivity index (χ1n) is 4.91. The normalized spacial score (nSPS) is 23.5. The Morgan fingerprint density at radius 2 is 1.91 bits per heavy atom. The van der Waals surface area contributed by atoms with Gasteiger partial charge < -0.3 is 4.90 Å². The van der Waals surface area contributed by atoms with E-state index in [1.54, 1.807) is 0 Å². The van der Waals surface area contributed by atoms with Gasteiger partial charge in [0.05, 0.1) is 0 Å². The molecule has 11 heavy (non-hydrogen) atoms. The summed E-state index contributed by atoms with van der Waals surface area (Å²) in [4.78, 5) is 2.53. The van der Waals surface area contributed by atoms with E-state index in [0.717, 1.165) is 0 Å². The van der Waals surface area contributed by atoms with Crippen molar-refractivity contribution < 1.29 is 0 Å². The van der Waals surface area contributed by atoms with E-state index < -0.39 is 0 Å². The van der Waals surface area contributed by atoms with Crippen molar-refractivity contribution in [2.45, 2.75) is 45.1 Å². The van der Waals surface area contributed by atoms with E-state index >= 15 is 0 Å². The minimum absolute atomic E-state index is 0.584. The Bertz CT molecular complexity index is 95.0. The third-order valence-electron chi connectivity index (χ3n) is 2.53. The van der Waals surface area contributed by atoms with Gasteiger partial charge >= 0.3 is 0 Å². The predicted octanol–water partition coefficient (Wildman–Crippen LogP) is 2.48. The molecule has 1 radical (unpaired) electrons. The second-order valence-electron chi connectivity index (χ2n) is 3.54. The van der Waals surface area contributed by atoms with Crippen molar-refractivity contribution in [2.24, 2.45) is 0 Å². The number of likely N-dealkylation sites (tertiary alicyclic amines) is 1. The fourth-order valence-electron chi connectivity index (χ4n) is 1.80. The lowest BCUT2D eigenvalue weighted by Crippen LogP contribution is -2.37. The molecule has 1 heteroatoms. The van der Waals surface area contributed by atoms with Gasteiger partial charge in [-0.05, 0) is 39.3 Å². The minimum Gasteiger partial charge on any atom is -0.300 e. The fraction of sp³-hybridized carbons (Fsp3) is 0.900. The third-order valence-corrected chi connectivity index (χ3v) is 2.53. The molecule has 1 unspecified atom stereocenters. The highest BCUT2D eigenvalue weighted by molar-refractivity contribution is 4.75. The second-order valence-corrected chi connectivity index (χ2v) is 3.54. The van der Waals surface area contributed by atoms with Crippen molar-refractivity contribution in [2.75, 3.05) is 13.1 Å². The SMILES string of the molecule is [CH2]C(CCC)N1CCCCC1. The lowest BCUT2D eigenvalue weighted by atomic mass is 10.1. The predicted molar refractivity (Wildman–Crippen MR) is 49.5 cm³/mol. The maximum absolute atomic E-state index is 4.18. The van der Waals surface area contributed by atoms with Crippen LogP contribution < -0.4 is 0 Å². The van der Waals surface area contributed by atoms with Crippen LogP contribution in [-0.4, -0.2) is 24.0 Å². The standard InChI is InChI=1S/C10H20N/c1-3-7-10(2)11-8-5-4-6-9-11/h10H,2-9H2,1H3. The average Bonchev–Trinajstić information content (AvgIpc) is 2.07. The smallest absolute Gasteiger partial charge is 0.00957 e. The van der Waals surface area contributed by atoms with Crippen molar-refractivity contribution >= 4 is 0 Å². The first-order chi connectivity index (χ1) is 5.34. The molecule has 0 aromatic rings. The molecule has 1 heterocycles. The summed E-state index contributed by atoms with van der Waals surface area (Å²) in [7, 11) is 0. The minimum atomic E-state index is 0.584. The van der Waals surface area contributed by atoms with Crippen molar-refractivity contribution in [1.29, 1.82) is 0 Å². The second kappa shape index (κ2) is 4.76. The quantitative estimate of drug-likeness (QED) is 0.603. The molecule has 0 aliphatic carbocycles. The molecule has 0 aromatic heterocycles. The largest absolute Gasteiger partial charge is 0.300 e. The Morgan fingerprint density at radius 3 is 2.45 bits per heavy atom. The fourth-order valence-corrected chi connectivity index (χ4v) is 1.80. The zero-order chi connectivity index (χ0) is 8.10. The molecule has 1 aliphatic rings. The van der Waals surface area contributed by atoms with Gasteiger partial charge in [0, 0.05) is 6.04 Å². The van der Waals surface area contributed by atoms with Crippen molar-refractivity contribution in [3.05, 3.63) is 6.92 Å². The zero-order valence-corrected chi connectivity index (χ0v) is 7.68. The molecule has 0 bridgehead atoms. The summed E-state index contributed by atoms with van der Waals surface area (Å²) in [5, 5.41) is 0. The highest BCUT2D eigenvalue weighted by Gasteiger charge is 2.14. The van der Waals surface area contributed by atoms with E-state index in [4.69, 9.17) is 0 Å². The van der Waals surface area contributed by atoms with Gasteiger partial charge in [0.15, 0.2) is 0 Å². The van der Waals surface area contributed by atoms with Gasteiger partial charge in [-0.2, -0.15) is 0 Å². The molecular weight excluding hydrogens is 134 g/mol. The van der Waals surface area contributed by atoms with E-state index in [1.807, 2.05) is 0 Å². The molecule has 0 saturated carbocycles. The van der Waals surface area contributed by atoms with Gasteiger partial charge in [0.1, 0.15) is 0 Å². The van der Waals surface area contributed by atoms with Crippen LogP contribution in [0, 0.1) is 6.92 Å². The highest BCUT2D eigenvalue weighted by Crippen LogP contribution is 2.14. The summed E-state index contributed by atoms with van der Waals surface area (Å²) in [6.45, 7) is 8.99. The van der Waals surface area contributed by atoms with Crippen LogP contribution in [0.2, 0.25) is 0 Å². The van der Waals surface area contributed by atoms with Crippen LogP contribution in [0.4, 0.5) is 0 Å². The van der Waals surface area contributed by atoms with E-state index in [1.165, 1.54) is 45.2 Å². The number of rotatable bonds is 3. The molecule has 1 fully saturated rings. The highest BCUT2D eigenvalue weighted by atomic mass is 15.1. The van der Waals surface area contributed by atoms with E-state index in [9.17, 15) is 0 Å². The average molecular weight is 154 g/mol. The Balaban J connectivity index is 2.21. The summed E-state index contributed by atoms with van der Waals surface area (Å²) in [5.41, 5.74) is 0. The Morgan fingerprint density at radius 1 is 1.27 bits per heavy atom. The molecule has 0 aromatic carbocycles. The Labute approximate surface area is 70.8 Å². The molecule has 1 rings (SSSR count). The summed E-state index contributed by atoms with van der Waals surface area (Å²) in [6.07, 6.45) is 6.73. The number of hydrogen-bond acceptors (Lipinski definition) is 1. The number of piperidine rings is 1. The van der Waals surface area contributed by atoms with E-state index in [2.05, 4.69) is 18.7 Å². The molecule has 1 atom stereocenters. The lowest BCUT2D eigenvalue weighted by molar-refractivity contribution is 0.181. The van der Waals surface area contributed by atoms with Crippen LogP contribution in [0.15, 0.2) is 0 Å². The summed E-state index contributed by atoms with van der Waals surface area (Å²) >= 11 is 0. The van der Waals surface area contributed by atoms with Crippen LogP contribution >= 0.6 is 0 Å². The van der Waals surface area contributed by atoms with Crippen LogP contribution in [0.3, 0.4) is 0 Å². The molecular formula is C10H20N. The van der Waals surface area contributed by atoms with Crippen molar-refractivity contribution in [3.63, 3.8) is 0 Å². The van der Waals surface area contributed by atoms with Gasteiger partial charge in [0.25, 0.3) is 0 Å². The molecule has 0 spiro atoms. The maximum atomic E-state index is 4.18.